The van der Waals surface area contributed by atoms with Gasteiger partial charge < -0.3 is 0 Å². The van der Waals surface area contributed by atoms with Gasteiger partial charge in [0.2, 0.25) is 0 Å². The lowest BCUT2D eigenvalue weighted by molar-refractivity contribution is 1.08. The highest BCUT2D eigenvalue weighted by atomic mass is 35.5. The van der Waals surface area contributed by atoms with E-state index in [2.05, 4.69) is 15.3 Å². The van der Waals surface area contributed by atoms with Gasteiger partial charge in [-0.25, -0.2) is 4.98 Å². The molecule has 3 rings (SSSR count). The predicted molar refractivity (Wildman–Crippen MR) is 62.3 cm³/mol. The van der Waals surface area contributed by atoms with E-state index in [9.17, 15) is 0 Å². The van der Waals surface area contributed by atoms with Gasteiger partial charge in [0.25, 0.3) is 0 Å². The number of pyridine rings is 1. The quantitative estimate of drug-likeness (QED) is 0.794. The van der Waals surface area contributed by atoms with E-state index in [0.717, 1.165) is 11.3 Å². The van der Waals surface area contributed by atoms with E-state index >= 15 is 0 Å². The minimum atomic E-state index is 0.671. The van der Waals surface area contributed by atoms with Crippen molar-refractivity contribution in [1.29, 1.82) is 0 Å². The maximum Gasteiger partial charge on any atom is 0.0963 e. The summed E-state index contributed by atoms with van der Waals surface area (Å²) in [6.07, 6.45) is 5.98. The van der Waals surface area contributed by atoms with Gasteiger partial charge in [-0.05, 0) is 18.9 Å². The van der Waals surface area contributed by atoms with Crippen molar-refractivity contribution in [1.82, 2.24) is 9.97 Å². The summed E-state index contributed by atoms with van der Waals surface area (Å²) >= 11 is 7.80. The van der Waals surface area contributed by atoms with Crippen LogP contribution in [0.15, 0.2) is 23.8 Å². The van der Waals surface area contributed by atoms with E-state index < -0.39 is 0 Å². The number of halogens is 1. The topological polar surface area (TPSA) is 25.8 Å². The van der Waals surface area contributed by atoms with Crippen molar-refractivity contribution in [2.75, 3.05) is 0 Å². The van der Waals surface area contributed by atoms with E-state index in [0.29, 0.717) is 10.9 Å². The Morgan fingerprint density at radius 1 is 1.40 bits per heavy atom. The molecule has 2 heterocycles. The number of hydrogen-bond donors (Lipinski definition) is 0. The predicted octanol–water partition coefficient (Wildman–Crippen LogP) is 3.74. The van der Waals surface area contributed by atoms with Crippen molar-refractivity contribution < 1.29 is 0 Å². The van der Waals surface area contributed by atoms with Gasteiger partial charge in [-0.1, -0.05) is 11.6 Å². The average molecular weight is 237 g/mol. The Morgan fingerprint density at radius 2 is 2.27 bits per heavy atom. The lowest BCUT2D eigenvalue weighted by Gasteiger charge is -1.97. The third-order valence-electron chi connectivity index (χ3n) is 2.50. The van der Waals surface area contributed by atoms with Crippen LogP contribution < -0.4 is 0 Å². The summed E-state index contributed by atoms with van der Waals surface area (Å²) in [5.41, 5.74) is 1.96. The Labute approximate surface area is 97.0 Å². The largest absolute Gasteiger partial charge is 0.263 e. The van der Waals surface area contributed by atoms with Crippen LogP contribution in [0, 0.1) is 0 Å². The van der Waals surface area contributed by atoms with Gasteiger partial charge in [-0.15, -0.1) is 11.3 Å². The number of hydrogen-bond acceptors (Lipinski definition) is 3. The smallest absolute Gasteiger partial charge is 0.0963 e. The third-order valence-corrected chi connectivity index (χ3v) is 3.81. The van der Waals surface area contributed by atoms with Crippen molar-refractivity contribution in [3.63, 3.8) is 0 Å². The second-order valence-corrected chi connectivity index (χ2v) is 5.00. The molecule has 1 aliphatic carbocycles. The van der Waals surface area contributed by atoms with Gasteiger partial charge in [0.1, 0.15) is 0 Å². The van der Waals surface area contributed by atoms with E-state index in [4.69, 9.17) is 11.6 Å². The van der Waals surface area contributed by atoms with Crippen molar-refractivity contribution in [2.45, 2.75) is 18.8 Å². The second kappa shape index (κ2) is 3.58. The Balaban J connectivity index is 2.01. The molecule has 76 valence electrons. The van der Waals surface area contributed by atoms with Gasteiger partial charge in [-0.3, -0.25) is 4.98 Å². The fourth-order valence-corrected chi connectivity index (χ4v) is 2.72. The summed E-state index contributed by atoms with van der Waals surface area (Å²) in [5, 5.41) is 4.00. The Hall–Kier alpha value is -0.930. The van der Waals surface area contributed by atoms with E-state index in [1.165, 1.54) is 17.8 Å². The molecule has 0 N–H and O–H groups in total. The van der Waals surface area contributed by atoms with Crippen LogP contribution in [0.1, 0.15) is 23.8 Å². The normalized spacial score (nSPS) is 15.5. The van der Waals surface area contributed by atoms with E-state index in [1.807, 2.05) is 6.07 Å². The lowest BCUT2D eigenvalue weighted by atomic mass is 10.2. The van der Waals surface area contributed by atoms with Crippen LogP contribution in [-0.4, -0.2) is 9.97 Å². The maximum absolute atomic E-state index is 6.07. The summed E-state index contributed by atoms with van der Waals surface area (Å²) in [6.45, 7) is 0. The molecule has 4 heteroatoms. The first-order chi connectivity index (χ1) is 7.34. The van der Waals surface area contributed by atoms with Crippen LogP contribution in [0.25, 0.3) is 11.3 Å². The molecule has 1 aliphatic rings. The molecule has 2 nitrogen and oxygen atoms in total. The molecule has 0 spiro atoms. The highest BCUT2D eigenvalue weighted by Gasteiger charge is 2.26. The van der Waals surface area contributed by atoms with Crippen LogP contribution in [0.2, 0.25) is 5.02 Å². The van der Waals surface area contributed by atoms with Gasteiger partial charge in [0, 0.05) is 29.3 Å². The van der Waals surface area contributed by atoms with Crippen LogP contribution in [0.4, 0.5) is 0 Å². The van der Waals surface area contributed by atoms with Crippen LogP contribution >= 0.6 is 22.9 Å². The van der Waals surface area contributed by atoms with Gasteiger partial charge in [0.05, 0.1) is 15.7 Å². The van der Waals surface area contributed by atoms with Crippen molar-refractivity contribution in [2.24, 2.45) is 0 Å². The Morgan fingerprint density at radius 3 is 3.00 bits per heavy atom. The molecule has 0 amide bonds. The second-order valence-electron chi connectivity index (χ2n) is 3.70. The van der Waals surface area contributed by atoms with Gasteiger partial charge in [-0.2, -0.15) is 0 Å². The molecule has 0 unspecified atom stereocenters. The molecule has 0 aliphatic heterocycles. The summed E-state index contributed by atoms with van der Waals surface area (Å²) in [4.78, 5) is 8.58. The molecule has 15 heavy (non-hydrogen) atoms. The molecule has 1 saturated carbocycles. The summed E-state index contributed by atoms with van der Waals surface area (Å²) in [5.74, 6) is 0.712. The maximum atomic E-state index is 6.07. The zero-order chi connectivity index (χ0) is 10.3. The van der Waals surface area contributed by atoms with Crippen molar-refractivity contribution >= 4 is 22.9 Å². The molecule has 2 aromatic heterocycles. The third kappa shape index (κ3) is 1.77. The first kappa shape index (κ1) is 9.31. The molecular weight excluding hydrogens is 228 g/mol. The van der Waals surface area contributed by atoms with E-state index in [-0.39, 0.29) is 0 Å². The molecule has 2 aromatic rings. The standard InChI is InChI=1S/C11H9ClN2S/c12-9-5-13-4-3-8(9)10-6-15-11(14-10)7-1-2-7/h3-7H,1-2H2. The molecule has 0 aromatic carbocycles. The van der Waals surface area contributed by atoms with Crippen molar-refractivity contribution in [3.8, 4) is 11.3 Å². The number of nitrogens with zero attached hydrogens (tertiary/aromatic N) is 2. The van der Waals surface area contributed by atoms with Crippen LogP contribution in [0.5, 0.6) is 0 Å². The first-order valence-corrected chi connectivity index (χ1v) is 6.15. The Kier molecular flexibility index (Phi) is 2.22. The number of aromatic nitrogens is 2. The minimum absolute atomic E-state index is 0.671. The SMILES string of the molecule is Clc1cnccc1-c1csc(C2CC2)n1. The molecular formula is C11H9ClN2S. The van der Waals surface area contributed by atoms with Gasteiger partial charge in [0.15, 0.2) is 0 Å². The van der Waals surface area contributed by atoms with E-state index in [1.54, 1.807) is 23.7 Å². The zero-order valence-electron chi connectivity index (χ0n) is 7.98. The molecule has 0 saturated heterocycles. The summed E-state index contributed by atoms with van der Waals surface area (Å²) < 4.78 is 0. The Bertz CT molecular complexity index is 491. The van der Waals surface area contributed by atoms with Crippen LogP contribution in [-0.2, 0) is 0 Å². The zero-order valence-corrected chi connectivity index (χ0v) is 9.55. The van der Waals surface area contributed by atoms with Crippen LogP contribution in [0.3, 0.4) is 0 Å². The number of rotatable bonds is 2. The summed E-state index contributed by atoms with van der Waals surface area (Å²) in [6, 6.07) is 1.91. The average Bonchev–Trinajstić information content (AvgIpc) is 2.99. The fraction of sp³-hybridized carbons (Fsp3) is 0.273. The highest BCUT2D eigenvalue weighted by molar-refractivity contribution is 7.10. The lowest BCUT2D eigenvalue weighted by Crippen LogP contribution is -1.82. The molecule has 0 atom stereocenters. The number of thiazole rings is 1. The molecule has 0 radical (unpaired) electrons. The summed E-state index contributed by atoms with van der Waals surface area (Å²) in [7, 11) is 0. The van der Waals surface area contributed by atoms with Crippen molar-refractivity contribution in [3.05, 3.63) is 33.9 Å². The monoisotopic (exact) mass is 236 g/mol. The fourth-order valence-electron chi connectivity index (χ4n) is 1.51. The highest BCUT2D eigenvalue weighted by Crippen LogP contribution is 2.42. The minimum Gasteiger partial charge on any atom is -0.263 e. The molecule has 0 bridgehead atoms. The molecule has 1 fully saturated rings. The first-order valence-electron chi connectivity index (χ1n) is 4.90. The van der Waals surface area contributed by atoms with Gasteiger partial charge >= 0.3 is 0 Å².